The Morgan fingerprint density at radius 1 is 1.08 bits per heavy atom. The van der Waals surface area contributed by atoms with Crippen LogP contribution in [-0.2, 0) is 0 Å². The zero-order chi connectivity index (χ0) is 18.5. The average Bonchev–Trinajstić information content (AvgIpc) is 2.64. The molecule has 0 bridgehead atoms. The molecule has 0 aliphatic rings. The summed E-state index contributed by atoms with van der Waals surface area (Å²) in [4.78, 5) is 31.9. The molecule has 3 aromatic rings. The van der Waals surface area contributed by atoms with Crippen LogP contribution >= 0.6 is 0 Å². The Morgan fingerprint density at radius 3 is 2.50 bits per heavy atom. The van der Waals surface area contributed by atoms with Crippen molar-refractivity contribution >= 4 is 22.5 Å². The third-order valence-electron chi connectivity index (χ3n) is 3.84. The molecule has 0 aliphatic heterocycles. The molecule has 0 fully saturated rings. The number of nitrogens with one attached hydrogen (secondary N) is 2. The van der Waals surface area contributed by atoms with Crippen LogP contribution in [0.5, 0.6) is 0 Å². The summed E-state index contributed by atoms with van der Waals surface area (Å²) >= 11 is 0. The topological polar surface area (TPSA) is 79.3 Å². The van der Waals surface area contributed by atoms with E-state index in [9.17, 15) is 9.59 Å². The second kappa shape index (κ2) is 7.79. The molecule has 0 spiro atoms. The molecule has 7 nitrogen and oxygen atoms in total. The van der Waals surface area contributed by atoms with Crippen molar-refractivity contribution in [2.45, 2.75) is 0 Å². The average molecular weight is 351 g/mol. The number of benzene rings is 2. The summed E-state index contributed by atoms with van der Waals surface area (Å²) in [5.74, 6) is -0.380. The van der Waals surface area contributed by atoms with Gasteiger partial charge in [-0.2, -0.15) is 4.68 Å². The van der Waals surface area contributed by atoms with Gasteiger partial charge in [0.25, 0.3) is 11.5 Å². The highest BCUT2D eigenvalue weighted by Crippen LogP contribution is 2.10. The van der Waals surface area contributed by atoms with Crippen molar-refractivity contribution in [2.75, 3.05) is 32.6 Å². The Balaban J connectivity index is 2.03. The molecular weight excluding hydrogens is 330 g/mol. The van der Waals surface area contributed by atoms with Gasteiger partial charge in [-0.05, 0) is 38.4 Å². The zero-order valence-corrected chi connectivity index (χ0v) is 14.8. The van der Waals surface area contributed by atoms with E-state index in [1.54, 1.807) is 24.3 Å². The summed E-state index contributed by atoms with van der Waals surface area (Å²) in [6.07, 6.45) is 0. The molecule has 0 saturated heterocycles. The standard InChI is InChI=1S/C19H21N5O2/c1-23(2)13-12-20-18(25)17-21-16-11-7-6-10-15(16)19(26)24(17)22-14-8-4-3-5-9-14/h3-11,22H,12-13H2,1-2H3,(H,20,25). The highest BCUT2D eigenvalue weighted by Gasteiger charge is 2.17. The molecule has 1 aromatic heterocycles. The van der Waals surface area contributed by atoms with Gasteiger partial charge in [0, 0.05) is 13.1 Å². The van der Waals surface area contributed by atoms with Crippen molar-refractivity contribution in [3.05, 3.63) is 70.8 Å². The van der Waals surface area contributed by atoms with Crippen LogP contribution < -0.4 is 16.3 Å². The number of amides is 1. The van der Waals surface area contributed by atoms with Crippen molar-refractivity contribution in [1.82, 2.24) is 19.9 Å². The lowest BCUT2D eigenvalue weighted by Crippen LogP contribution is -2.39. The number of nitrogens with zero attached hydrogens (tertiary/aromatic N) is 3. The molecule has 0 unspecified atom stereocenters. The van der Waals surface area contributed by atoms with Crippen LogP contribution in [0, 0.1) is 0 Å². The van der Waals surface area contributed by atoms with Crippen LogP contribution in [0.4, 0.5) is 5.69 Å². The Bertz CT molecular complexity index is 967. The van der Waals surface area contributed by atoms with E-state index in [1.165, 1.54) is 4.68 Å². The quantitative estimate of drug-likeness (QED) is 0.705. The van der Waals surface area contributed by atoms with Crippen LogP contribution in [0.15, 0.2) is 59.4 Å². The minimum absolute atomic E-state index is 0.0244. The fourth-order valence-electron chi connectivity index (χ4n) is 2.50. The van der Waals surface area contributed by atoms with Gasteiger partial charge in [0.1, 0.15) is 0 Å². The van der Waals surface area contributed by atoms with Gasteiger partial charge in [-0.25, -0.2) is 4.98 Å². The summed E-state index contributed by atoms with van der Waals surface area (Å²) in [7, 11) is 3.85. The number of likely N-dealkylation sites (N-methyl/N-ethyl adjacent to an activating group) is 1. The van der Waals surface area contributed by atoms with Crippen molar-refractivity contribution < 1.29 is 4.79 Å². The molecule has 0 saturated carbocycles. The molecule has 7 heteroatoms. The summed E-state index contributed by atoms with van der Waals surface area (Å²) in [6, 6.07) is 16.2. The number of anilines is 1. The van der Waals surface area contributed by atoms with E-state index in [-0.39, 0.29) is 11.4 Å². The van der Waals surface area contributed by atoms with Gasteiger partial charge >= 0.3 is 0 Å². The van der Waals surface area contributed by atoms with Gasteiger partial charge < -0.3 is 10.2 Å². The molecule has 0 atom stereocenters. The van der Waals surface area contributed by atoms with Gasteiger partial charge in [-0.1, -0.05) is 30.3 Å². The normalized spacial score (nSPS) is 10.9. The Morgan fingerprint density at radius 2 is 1.77 bits per heavy atom. The maximum atomic E-state index is 12.9. The first-order chi connectivity index (χ1) is 12.6. The van der Waals surface area contributed by atoms with Crippen LogP contribution in [0.2, 0.25) is 0 Å². The fraction of sp³-hybridized carbons (Fsp3) is 0.211. The number of aromatic nitrogens is 2. The number of hydrogen-bond donors (Lipinski definition) is 2. The van der Waals surface area contributed by atoms with Crippen molar-refractivity contribution in [2.24, 2.45) is 0 Å². The summed E-state index contributed by atoms with van der Waals surface area (Å²) in [5.41, 5.74) is 3.84. The molecule has 26 heavy (non-hydrogen) atoms. The zero-order valence-electron chi connectivity index (χ0n) is 14.8. The first kappa shape index (κ1) is 17.6. The van der Waals surface area contributed by atoms with Crippen molar-refractivity contribution in [3.63, 3.8) is 0 Å². The van der Waals surface area contributed by atoms with E-state index in [4.69, 9.17) is 0 Å². The number of hydrogen-bond acceptors (Lipinski definition) is 5. The third-order valence-corrected chi connectivity index (χ3v) is 3.84. The lowest BCUT2D eigenvalue weighted by molar-refractivity contribution is 0.0937. The van der Waals surface area contributed by atoms with Gasteiger partial charge in [-0.3, -0.25) is 15.0 Å². The summed E-state index contributed by atoms with van der Waals surface area (Å²) in [5, 5.41) is 3.25. The van der Waals surface area contributed by atoms with Crippen molar-refractivity contribution in [3.8, 4) is 0 Å². The summed E-state index contributed by atoms with van der Waals surface area (Å²) in [6.45, 7) is 1.15. The second-order valence-corrected chi connectivity index (χ2v) is 6.13. The SMILES string of the molecule is CN(C)CCNC(=O)c1nc2ccccc2c(=O)n1Nc1ccccc1. The van der Waals surface area contributed by atoms with E-state index in [2.05, 4.69) is 15.7 Å². The molecule has 1 amide bonds. The molecule has 3 rings (SSSR count). The van der Waals surface area contributed by atoms with Crippen LogP contribution in [0.3, 0.4) is 0 Å². The Labute approximate surface area is 151 Å². The van der Waals surface area contributed by atoms with Gasteiger partial charge in [0.15, 0.2) is 0 Å². The lowest BCUT2D eigenvalue weighted by Gasteiger charge is -2.16. The molecule has 0 aliphatic carbocycles. The third kappa shape index (κ3) is 3.89. The predicted octanol–water partition coefficient (Wildman–Crippen LogP) is 1.56. The van der Waals surface area contributed by atoms with Crippen LogP contribution in [0.25, 0.3) is 10.9 Å². The Hall–Kier alpha value is -3.19. The second-order valence-electron chi connectivity index (χ2n) is 6.13. The van der Waals surface area contributed by atoms with Crippen LogP contribution in [-0.4, -0.2) is 47.7 Å². The highest BCUT2D eigenvalue weighted by molar-refractivity contribution is 5.93. The molecule has 2 aromatic carbocycles. The smallest absolute Gasteiger partial charge is 0.289 e. The number of carbonyl (C=O) groups is 1. The van der Waals surface area contributed by atoms with Gasteiger partial charge in [0.2, 0.25) is 5.82 Å². The maximum absolute atomic E-state index is 12.9. The van der Waals surface area contributed by atoms with E-state index < -0.39 is 5.91 Å². The Kier molecular flexibility index (Phi) is 5.28. The molecule has 1 heterocycles. The first-order valence-electron chi connectivity index (χ1n) is 8.33. The van der Waals surface area contributed by atoms with E-state index in [1.807, 2.05) is 49.3 Å². The monoisotopic (exact) mass is 351 g/mol. The molecular formula is C19H21N5O2. The number of carbonyl (C=O) groups excluding carboxylic acids is 1. The maximum Gasteiger partial charge on any atom is 0.289 e. The van der Waals surface area contributed by atoms with E-state index >= 15 is 0 Å². The molecule has 0 radical (unpaired) electrons. The van der Waals surface area contributed by atoms with Crippen molar-refractivity contribution in [1.29, 1.82) is 0 Å². The molecule has 134 valence electrons. The first-order valence-corrected chi connectivity index (χ1v) is 8.33. The highest BCUT2D eigenvalue weighted by atomic mass is 16.2. The largest absolute Gasteiger partial charge is 0.348 e. The lowest BCUT2D eigenvalue weighted by atomic mass is 10.2. The number of rotatable bonds is 6. The molecule has 2 N–H and O–H groups in total. The summed E-state index contributed by atoms with van der Waals surface area (Å²) < 4.78 is 1.20. The van der Waals surface area contributed by atoms with Crippen LogP contribution in [0.1, 0.15) is 10.6 Å². The predicted molar refractivity (Wildman–Crippen MR) is 102 cm³/mol. The number of para-hydroxylation sites is 2. The number of fused-ring (bicyclic) bond motifs is 1. The fourth-order valence-corrected chi connectivity index (χ4v) is 2.50. The minimum atomic E-state index is -0.405. The van der Waals surface area contributed by atoms with Gasteiger partial charge in [-0.15, -0.1) is 0 Å². The van der Waals surface area contributed by atoms with Gasteiger partial charge in [0.05, 0.1) is 16.6 Å². The van der Waals surface area contributed by atoms with E-state index in [0.29, 0.717) is 29.7 Å². The van der Waals surface area contributed by atoms with E-state index in [0.717, 1.165) is 0 Å². The minimum Gasteiger partial charge on any atom is -0.348 e.